The maximum atomic E-state index is 12.2. The van der Waals surface area contributed by atoms with Gasteiger partial charge in [0.2, 0.25) is 0 Å². The van der Waals surface area contributed by atoms with Crippen molar-refractivity contribution in [3.8, 4) is 0 Å². The summed E-state index contributed by atoms with van der Waals surface area (Å²) in [6.45, 7) is 0. The fourth-order valence-electron chi connectivity index (χ4n) is 1.67. The lowest BCUT2D eigenvalue weighted by Gasteiger charge is -2.21. The Labute approximate surface area is 118 Å². The van der Waals surface area contributed by atoms with Crippen LogP contribution in [-0.2, 0) is 4.79 Å². The third kappa shape index (κ3) is 2.43. The van der Waals surface area contributed by atoms with Crippen LogP contribution in [0.4, 0.5) is 0 Å². The SMILES string of the molecule is O=C(O)C1CSCN1C(=O)c1cccc(Cl)c1Cl. The smallest absolute Gasteiger partial charge is 0.327 e. The molecule has 1 aromatic carbocycles. The lowest BCUT2D eigenvalue weighted by atomic mass is 10.1. The first-order valence-corrected chi connectivity index (χ1v) is 6.99. The van der Waals surface area contributed by atoms with E-state index in [1.165, 1.54) is 16.7 Å². The molecule has 18 heavy (non-hydrogen) atoms. The zero-order valence-electron chi connectivity index (χ0n) is 9.10. The number of carboxylic acids is 1. The average molecular weight is 306 g/mol. The summed E-state index contributed by atoms with van der Waals surface area (Å²) in [5.74, 6) is -0.677. The van der Waals surface area contributed by atoms with E-state index in [1.807, 2.05) is 0 Å². The molecule has 0 aliphatic carbocycles. The predicted molar refractivity (Wildman–Crippen MR) is 71.4 cm³/mol. The van der Waals surface area contributed by atoms with Crippen molar-refractivity contribution in [1.82, 2.24) is 4.90 Å². The first kappa shape index (κ1) is 13.5. The third-order valence-corrected chi connectivity index (χ3v) is 4.44. The molecule has 1 aliphatic rings. The minimum atomic E-state index is -1.01. The van der Waals surface area contributed by atoms with Gasteiger partial charge in [-0.2, -0.15) is 0 Å². The zero-order chi connectivity index (χ0) is 13.3. The molecule has 2 rings (SSSR count). The number of rotatable bonds is 2. The van der Waals surface area contributed by atoms with Gasteiger partial charge in [0.05, 0.1) is 21.5 Å². The average Bonchev–Trinajstić information content (AvgIpc) is 2.81. The summed E-state index contributed by atoms with van der Waals surface area (Å²) in [4.78, 5) is 24.6. The minimum absolute atomic E-state index is 0.158. The Balaban J connectivity index is 2.31. The van der Waals surface area contributed by atoms with Gasteiger partial charge in [-0.25, -0.2) is 4.79 Å². The second-order valence-electron chi connectivity index (χ2n) is 3.73. The van der Waals surface area contributed by atoms with Crippen LogP contribution in [0, 0.1) is 0 Å². The number of thioether (sulfide) groups is 1. The Morgan fingerprint density at radius 2 is 2.11 bits per heavy atom. The third-order valence-electron chi connectivity index (χ3n) is 2.61. The van der Waals surface area contributed by atoms with E-state index in [9.17, 15) is 9.59 Å². The first-order chi connectivity index (χ1) is 8.52. The van der Waals surface area contributed by atoms with Gasteiger partial charge in [-0.15, -0.1) is 11.8 Å². The molecule has 0 saturated carbocycles. The largest absolute Gasteiger partial charge is 0.480 e. The Morgan fingerprint density at radius 1 is 1.39 bits per heavy atom. The molecule has 0 spiro atoms. The van der Waals surface area contributed by atoms with Crippen molar-refractivity contribution in [2.75, 3.05) is 11.6 Å². The van der Waals surface area contributed by atoms with E-state index >= 15 is 0 Å². The molecule has 1 N–H and O–H groups in total. The second kappa shape index (κ2) is 5.38. The molecule has 0 aromatic heterocycles. The lowest BCUT2D eigenvalue weighted by molar-refractivity contribution is -0.140. The fraction of sp³-hybridized carbons (Fsp3) is 0.273. The van der Waals surface area contributed by atoms with E-state index in [0.717, 1.165) is 0 Å². The van der Waals surface area contributed by atoms with Gasteiger partial charge in [0, 0.05) is 5.75 Å². The summed E-state index contributed by atoms with van der Waals surface area (Å²) < 4.78 is 0. The summed E-state index contributed by atoms with van der Waals surface area (Å²) in [6, 6.07) is 3.92. The molecule has 1 saturated heterocycles. The molecule has 1 atom stereocenters. The van der Waals surface area contributed by atoms with Crippen LogP contribution in [0.3, 0.4) is 0 Å². The monoisotopic (exact) mass is 305 g/mol. The lowest BCUT2D eigenvalue weighted by Crippen LogP contribution is -2.41. The van der Waals surface area contributed by atoms with E-state index in [0.29, 0.717) is 11.6 Å². The van der Waals surface area contributed by atoms with Crippen molar-refractivity contribution in [2.24, 2.45) is 0 Å². The molecule has 0 bridgehead atoms. The Bertz CT molecular complexity index is 509. The standard InChI is InChI=1S/C11H9Cl2NO3S/c12-7-3-1-2-6(9(7)13)10(15)14-5-18-4-8(14)11(16)17/h1-3,8H,4-5H2,(H,16,17). The predicted octanol–water partition coefficient (Wildman–Crippen LogP) is 2.59. The highest BCUT2D eigenvalue weighted by Gasteiger charge is 2.35. The molecule has 1 amide bonds. The highest BCUT2D eigenvalue weighted by molar-refractivity contribution is 7.99. The van der Waals surface area contributed by atoms with Crippen LogP contribution < -0.4 is 0 Å². The number of aliphatic carboxylic acids is 1. The van der Waals surface area contributed by atoms with Crippen molar-refractivity contribution < 1.29 is 14.7 Å². The number of halogens is 2. The van der Waals surface area contributed by atoms with Crippen LogP contribution in [0.15, 0.2) is 18.2 Å². The van der Waals surface area contributed by atoms with Crippen LogP contribution in [-0.4, -0.2) is 39.6 Å². The first-order valence-electron chi connectivity index (χ1n) is 5.08. The molecule has 1 aromatic rings. The molecule has 1 fully saturated rings. The van der Waals surface area contributed by atoms with E-state index in [1.54, 1.807) is 18.2 Å². The summed E-state index contributed by atoms with van der Waals surface area (Å²) in [5, 5.41) is 9.47. The van der Waals surface area contributed by atoms with Gasteiger partial charge in [0.1, 0.15) is 6.04 Å². The van der Waals surface area contributed by atoms with Gasteiger partial charge in [-0.1, -0.05) is 29.3 Å². The normalized spacial score (nSPS) is 19.0. The van der Waals surface area contributed by atoms with E-state index < -0.39 is 17.9 Å². The van der Waals surface area contributed by atoms with Gasteiger partial charge in [0.25, 0.3) is 5.91 Å². The number of carbonyl (C=O) groups is 2. The summed E-state index contributed by atoms with van der Waals surface area (Å²) >= 11 is 13.2. The number of carboxylic acid groups (broad SMARTS) is 1. The van der Waals surface area contributed by atoms with Gasteiger partial charge in [-0.05, 0) is 12.1 Å². The van der Waals surface area contributed by atoms with Crippen molar-refractivity contribution in [1.29, 1.82) is 0 Å². The van der Waals surface area contributed by atoms with Crippen molar-refractivity contribution in [3.63, 3.8) is 0 Å². The summed E-state index contributed by atoms with van der Waals surface area (Å²) in [7, 11) is 0. The zero-order valence-corrected chi connectivity index (χ0v) is 11.4. The van der Waals surface area contributed by atoms with Gasteiger partial charge in [-0.3, -0.25) is 4.79 Å². The van der Waals surface area contributed by atoms with Crippen LogP contribution in [0.2, 0.25) is 10.0 Å². The van der Waals surface area contributed by atoms with Crippen LogP contribution >= 0.6 is 35.0 Å². The number of carbonyl (C=O) groups excluding carboxylic acids is 1. The highest BCUT2D eigenvalue weighted by Crippen LogP contribution is 2.29. The number of benzene rings is 1. The Morgan fingerprint density at radius 3 is 2.78 bits per heavy atom. The second-order valence-corrected chi connectivity index (χ2v) is 5.52. The minimum Gasteiger partial charge on any atom is -0.480 e. The topological polar surface area (TPSA) is 57.6 Å². The Hall–Kier alpha value is -0.910. The molecular weight excluding hydrogens is 297 g/mol. The molecule has 96 valence electrons. The van der Waals surface area contributed by atoms with Crippen molar-refractivity contribution >= 4 is 46.8 Å². The number of hydrogen-bond donors (Lipinski definition) is 1. The van der Waals surface area contributed by atoms with Gasteiger partial charge < -0.3 is 10.0 Å². The highest BCUT2D eigenvalue weighted by atomic mass is 35.5. The summed E-state index contributed by atoms with van der Waals surface area (Å²) in [5.41, 5.74) is 0.234. The molecule has 1 unspecified atom stereocenters. The van der Waals surface area contributed by atoms with Gasteiger partial charge >= 0.3 is 5.97 Å². The maximum absolute atomic E-state index is 12.2. The molecule has 1 aliphatic heterocycles. The molecule has 7 heteroatoms. The van der Waals surface area contributed by atoms with Crippen LogP contribution in [0.1, 0.15) is 10.4 Å². The summed E-state index contributed by atoms with van der Waals surface area (Å²) in [6.07, 6.45) is 0. The van der Waals surface area contributed by atoms with E-state index in [2.05, 4.69) is 0 Å². The van der Waals surface area contributed by atoms with E-state index in [4.69, 9.17) is 28.3 Å². The number of hydrogen-bond acceptors (Lipinski definition) is 3. The molecular formula is C11H9Cl2NO3S. The van der Waals surface area contributed by atoms with Crippen LogP contribution in [0.5, 0.6) is 0 Å². The fourth-order valence-corrected chi connectivity index (χ4v) is 3.20. The van der Waals surface area contributed by atoms with Gasteiger partial charge in [0.15, 0.2) is 0 Å². The quantitative estimate of drug-likeness (QED) is 0.912. The van der Waals surface area contributed by atoms with E-state index in [-0.39, 0.29) is 15.6 Å². The van der Waals surface area contributed by atoms with Crippen molar-refractivity contribution in [2.45, 2.75) is 6.04 Å². The molecule has 4 nitrogen and oxygen atoms in total. The number of amides is 1. The van der Waals surface area contributed by atoms with Crippen molar-refractivity contribution in [3.05, 3.63) is 33.8 Å². The molecule has 1 heterocycles. The molecule has 0 radical (unpaired) electrons. The van der Waals surface area contributed by atoms with Crippen LogP contribution in [0.25, 0.3) is 0 Å². The maximum Gasteiger partial charge on any atom is 0.327 e. The Kier molecular flexibility index (Phi) is 4.04. The number of nitrogens with zero attached hydrogens (tertiary/aromatic N) is 1.